The van der Waals surface area contributed by atoms with Gasteiger partial charge in [0.15, 0.2) is 0 Å². The number of hydrogen-bond donors (Lipinski definition) is 1. The van der Waals surface area contributed by atoms with Crippen molar-refractivity contribution in [2.24, 2.45) is 0 Å². The van der Waals surface area contributed by atoms with Crippen LogP contribution in [0.15, 0.2) is 60.8 Å². The highest BCUT2D eigenvalue weighted by Gasteiger charge is 2.02. The Hall–Kier alpha value is -1.62. The van der Waals surface area contributed by atoms with E-state index in [4.69, 9.17) is 0 Å². The van der Waals surface area contributed by atoms with Gasteiger partial charge in [0.2, 0.25) is 0 Å². The summed E-state index contributed by atoms with van der Waals surface area (Å²) in [6, 6.07) is 18.6. The van der Waals surface area contributed by atoms with Crippen molar-refractivity contribution in [3.63, 3.8) is 0 Å². The standard InChI is InChI=1S/C16H13IN2/c17-14-6-2-4-8-16(14)19-11-12-9-10-18-15-7-3-1-5-13(12)15/h1-10,19H,11H2. The molecule has 0 unspecified atom stereocenters. The van der Waals surface area contributed by atoms with Crippen LogP contribution in [0.3, 0.4) is 0 Å². The van der Waals surface area contributed by atoms with Crippen LogP contribution < -0.4 is 5.32 Å². The molecule has 0 fully saturated rings. The van der Waals surface area contributed by atoms with Gasteiger partial charge in [0, 0.05) is 27.4 Å². The first-order valence-corrected chi connectivity index (χ1v) is 7.23. The average Bonchev–Trinajstić information content (AvgIpc) is 2.46. The lowest BCUT2D eigenvalue weighted by molar-refractivity contribution is 1.15. The van der Waals surface area contributed by atoms with Gasteiger partial charge in [0.25, 0.3) is 0 Å². The number of para-hydroxylation sites is 2. The van der Waals surface area contributed by atoms with Crippen molar-refractivity contribution in [1.82, 2.24) is 4.98 Å². The fourth-order valence-electron chi connectivity index (χ4n) is 2.10. The summed E-state index contributed by atoms with van der Waals surface area (Å²) in [5.41, 5.74) is 3.49. The minimum atomic E-state index is 0.809. The number of pyridine rings is 1. The molecule has 0 aliphatic heterocycles. The summed E-state index contributed by atoms with van der Waals surface area (Å²) in [7, 11) is 0. The van der Waals surface area contributed by atoms with Crippen LogP contribution >= 0.6 is 22.6 Å². The number of hydrogen-bond acceptors (Lipinski definition) is 2. The average molecular weight is 360 g/mol. The van der Waals surface area contributed by atoms with Crippen molar-refractivity contribution in [2.75, 3.05) is 5.32 Å². The van der Waals surface area contributed by atoms with Crippen molar-refractivity contribution < 1.29 is 0 Å². The van der Waals surface area contributed by atoms with E-state index in [1.165, 1.54) is 20.2 Å². The van der Waals surface area contributed by atoms with Crippen LogP contribution in [0.1, 0.15) is 5.56 Å². The van der Waals surface area contributed by atoms with Crippen molar-refractivity contribution in [3.8, 4) is 0 Å². The second kappa shape index (κ2) is 5.57. The molecule has 1 heterocycles. The van der Waals surface area contributed by atoms with E-state index in [-0.39, 0.29) is 0 Å². The van der Waals surface area contributed by atoms with Gasteiger partial charge in [0.1, 0.15) is 0 Å². The summed E-state index contributed by atoms with van der Waals surface area (Å²) in [6.07, 6.45) is 1.87. The summed E-state index contributed by atoms with van der Waals surface area (Å²) in [4.78, 5) is 4.39. The molecule has 19 heavy (non-hydrogen) atoms. The molecule has 0 bridgehead atoms. The molecule has 0 saturated heterocycles. The van der Waals surface area contributed by atoms with Gasteiger partial charge in [-0.3, -0.25) is 4.98 Å². The number of aromatic nitrogens is 1. The first-order valence-electron chi connectivity index (χ1n) is 6.15. The largest absolute Gasteiger partial charge is 0.380 e. The fraction of sp³-hybridized carbons (Fsp3) is 0.0625. The third-order valence-electron chi connectivity index (χ3n) is 3.08. The minimum Gasteiger partial charge on any atom is -0.380 e. The van der Waals surface area contributed by atoms with E-state index in [2.05, 4.69) is 75.4 Å². The predicted octanol–water partition coefficient (Wildman–Crippen LogP) is 4.45. The van der Waals surface area contributed by atoms with Gasteiger partial charge < -0.3 is 5.32 Å². The van der Waals surface area contributed by atoms with Crippen LogP contribution in [-0.4, -0.2) is 4.98 Å². The quantitative estimate of drug-likeness (QED) is 0.698. The number of benzene rings is 2. The molecule has 1 N–H and O–H groups in total. The minimum absolute atomic E-state index is 0.809. The van der Waals surface area contributed by atoms with Crippen LogP contribution in [0, 0.1) is 3.57 Å². The molecule has 0 aliphatic carbocycles. The van der Waals surface area contributed by atoms with Gasteiger partial charge in [-0.2, -0.15) is 0 Å². The highest BCUT2D eigenvalue weighted by atomic mass is 127. The smallest absolute Gasteiger partial charge is 0.0705 e. The zero-order valence-electron chi connectivity index (χ0n) is 10.3. The number of fused-ring (bicyclic) bond motifs is 1. The van der Waals surface area contributed by atoms with Crippen LogP contribution in [0.25, 0.3) is 10.9 Å². The van der Waals surface area contributed by atoms with E-state index in [0.29, 0.717) is 0 Å². The summed E-state index contributed by atoms with van der Waals surface area (Å²) in [5.74, 6) is 0. The van der Waals surface area contributed by atoms with E-state index in [0.717, 1.165) is 12.1 Å². The SMILES string of the molecule is Ic1ccccc1NCc1ccnc2ccccc12. The molecule has 3 rings (SSSR count). The summed E-state index contributed by atoms with van der Waals surface area (Å²) in [5, 5.41) is 4.70. The van der Waals surface area contributed by atoms with Gasteiger partial charge in [0.05, 0.1) is 5.52 Å². The molecule has 0 spiro atoms. The molecule has 2 nitrogen and oxygen atoms in total. The Labute approximate surface area is 126 Å². The van der Waals surface area contributed by atoms with E-state index >= 15 is 0 Å². The Morgan fingerprint density at radius 2 is 1.74 bits per heavy atom. The predicted molar refractivity (Wildman–Crippen MR) is 88.2 cm³/mol. The molecule has 0 radical (unpaired) electrons. The van der Waals surface area contributed by atoms with Crippen molar-refractivity contribution in [2.45, 2.75) is 6.54 Å². The van der Waals surface area contributed by atoms with Gasteiger partial charge in [-0.05, 0) is 52.4 Å². The third kappa shape index (κ3) is 2.71. The maximum Gasteiger partial charge on any atom is 0.0705 e. The number of anilines is 1. The Bertz CT molecular complexity index is 704. The second-order valence-corrected chi connectivity index (χ2v) is 5.48. The number of nitrogens with one attached hydrogen (secondary N) is 1. The normalized spacial score (nSPS) is 10.6. The molecule has 0 atom stereocenters. The van der Waals surface area contributed by atoms with Crippen LogP contribution in [0.2, 0.25) is 0 Å². The van der Waals surface area contributed by atoms with Crippen molar-refractivity contribution >= 4 is 39.2 Å². The number of halogens is 1. The number of rotatable bonds is 3. The van der Waals surface area contributed by atoms with Gasteiger partial charge in [-0.15, -0.1) is 0 Å². The summed E-state index contributed by atoms with van der Waals surface area (Å²) in [6.45, 7) is 0.809. The topological polar surface area (TPSA) is 24.9 Å². The highest BCUT2D eigenvalue weighted by molar-refractivity contribution is 14.1. The van der Waals surface area contributed by atoms with E-state index < -0.39 is 0 Å². The lowest BCUT2D eigenvalue weighted by atomic mass is 10.1. The second-order valence-electron chi connectivity index (χ2n) is 4.32. The van der Waals surface area contributed by atoms with Crippen LogP contribution in [-0.2, 0) is 6.54 Å². The molecule has 3 aromatic rings. The lowest BCUT2D eigenvalue weighted by Crippen LogP contribution is -2.01. The molecular formula is C16H13IN2. The molecule has 94 valence electrons. The van der Waals surface area contributed by atoms with Gasteiger partial charge in [-0.25, -0.2) is 0 Å². The molecule has 0 aliphatic rings. The third-order valence-corrected chi connectivity index (χ3v) is 4.02. The highest BCUT2D eigenvalue weighted by Crippen LogP contribution is 2.20. The zero-order chi connectivity index (χ0) is 13.1. The van der Waals surface area contributed by atoms with Gasteiger partial charge in [-0.1, -0.05) is 30.3 Å². The monoisotopic (exact) mass is 360 g/mol. The van der Waals surface area contributed by atoms with Crippen molar-refractivity contribution in [1.29, 1.82) is 0 Å². The lowest BCUT2D eigenvalue weighted by Gasteiger charge is -2.10. The summed E-state index contributed by atoms with van der Waals surface area (Å²) < 4.78 is 1.23. The summed E-state index contributed by atoms with van der Waals surface area (Å²) >= 11 is 2.35. The first kappa shape index (κ1) is 12.4. The Kier molecular flexibility index (Phi) is 3.64. The Morgan fingerprint density at radius 1 is 0.947 bits per heavy atom. The van der Waals surface area contributed by atoms with Crippen molar-refractivity contribution in [3.05, 3.63) is 69.9 Å². The van der Waals surface area contributed by atoms with E-state index in [9.17, 15) is 0 Å². The first-order chi connectivity index (χ1) is 9.34. The molecule has 0 saturated carbocycles. The molecule has 3 heteroatoms. The molecular weight excluding hydrogens is 347 g/mol. The van der Waals surface area contributed by atoms with Gasteiger partial charge >= 0.3 is 0 Å². The molecule has 2 aromatic carbocycles. The molecule has 1 aromatic heterocycles. The van der Waals surface area contributed by atoms with Crippen LogP contribution in [0.4, 0.5) is 5.69 Å². The van der Waals surface area contributed by atoms with E-state index in [1.807, 2.05) is 18.3 Å². The maximum atomic E-state index is 4.39. The number of nitrogens with zero attached hydrogens (tertiary/aromatic N) is 1. The maximum absolute atomic E-state index is 4.39. The Morgan fingerprint density at radius 3 is 2.63 bits per heavy atom. The Balaban J connectivity index is 1.88. The van der Waals surface area contributed by atoms with Crippen LogP contribution in [0.5, 0.6) is 0 Å². The molecule has 0 amide bonds. The zero-order valence-corrected chi connectivity index (χ0v) is 12.5. The fourth-order valence-corrected chi connectivity index (χ4v) is 2.68. The van der Waals surface area contributed by atoms with E-state index in [1.54, 1.807) is 0 Å².